The number of rotatable bonds is 3. The van der Waals surface area contributed by atoms with Crippen LogP contribution in [0.5, 0.6) is 0 Å². The summed E-state index contributed by atoms with van der Waals surface area (Å²) in [6, 6.07) is 0. The van der Waals surface area contributed by atoms with Crippen molar-refractivity contribution in [1.29, 1.82) is 0 Å². The number of likely N-dealkylation sites (N-methyl/N-ethyl adjacent to an activating group) is 1. The lowest BCUT2D eigenvalue weighted by atomic mass is 10.3. The van der Waals surface area contributed by atoms with E-state index in [4.69, 9.17) is 4.74 Å². The van der Waals surface area contributed by atoms with Gasteiger partial charge < -0.3 is 20.3 Å². The van der Waals surface area contributed by atoms with Gasteiger partial charge in [-0.1, -0.05) is 0 Å². The van der Waals surface area contributed by atoms with Gasteiger partial charge >= 0.3 is 0 Å². The molecule has 0 radical (unpaired) electrons. The first-order valence-electron chi connectivity index (χ1n) is 4.91. The number of ether oxygens (including phenoxy) is 1. The fourth-order valence-electron chi connectivity index (χ4n) is 1.17. The summed E-state index contributed by atoms with van der Waals surface area (Å²) in [5, 5.41) is 5.58. The molecule has 1 aliphatic rings. The summed E-state index contributed by atoms with van der Waals surface area (Å²) in [7, 11) is 3.29. The number of hydrogen-bond donors (Lipinski definition) is 2. The van der Waals surface area contributed by atoms with Crippen LogP contribution in [0.1, 0.15) is 0 Å². The zero-order chi connectivity index (χ0) is 11.3. The molecule has 1 saturated heterocycles. The van der Waals surface area contributed by atoms with Crippen LogP contribution in [0.15, 0.2) is 0 Å². The quantitative estimate of drug-likeness (QED) is 0.581. The van der Waals surface area contributed by atoms with Gasteiger partial charge in [-0.15, -0.1) is 0 Å². The lowest BCUT2D eigenvalue weighted by Crippen LogP contribution is -2.49. The zero-order valence-corrected chi connectivity index (χ0v) is 9.08. The average molecular weight is 215 g/mol. The predicted molar refractivity (Wildman–Crippen MR) is 54.3 cm³/mol. The Morgan fingerprint density at radius 3 is 2.80 bits per heavy atom. The Bertz CT molecular complexity index is 237. The van der Waals surface area contributed by atoms with Crippen LogP contribution in [0.3, 0.4) is 0 Å². The van der Waals surface area contributed by atoms with Crippen molar-refractivity contribution in [3.63, 3.8) is 0 Å². The average Bonchev–Trinajstić information content (AvgIpc) is 2.26. The van der Waals surface area contributed by atoms with E-state index in [0.717, 1.165) is 6.54 Å². The van der Waals surface area contributed by atoms with Crippen molar-refractivity contribution in [2.45, 2.75) is 6.10 Å². The van der Waals surface area contributed by atoms with Gasteiger partial charge in [0.2, 0.25) is 5.91 Å². The number of amides is 2. The van der Waals surface area contributed by atoms with Gasteiger partial charge in [-0.05, 0) is 0 Å². The van der Waals surface area contributed by atoms with Crippen LogP contribution >= 0.6 is 0 Å². The van der Waals surface area contributed by atoms with E-state index in [-0.39, 0.29) is 18.4 Å². The minimum atomic E-state index is -0.478. The van der Waals surface area contributed by atoms with E-state index in [1.807, 2.05) is 0 Å². The van der Waals surface area contributed by atoms with E-state index in [1.54, 1.807) is 14.1 Å². The Kier molecular flexibility index (Phi) is 4.51. The monoisotopic (exact) mass is 215 g/mol. The lowest BCUT2D eigenvalue weighted by molar-refractivity contribution is -0.137. The van der Waals surface area contributed by atoms with Crippen LogP contribution < -0.4 is 10.6 Å². The minimum Gasteiger partial charge on any atom is -0.366 e. The summed E-state index contributed by atoms with van der Waals surface area (Å²) in [5.74, 6) is -0.371. The molecular weight excluding hydrogens is 198 g/mol. The van der Waals surface area contributed by atoms with Gasteiger partial charge in [0.05, 0.1) is 13.2 Å². The first kappa shape index (κ1) is 11.9. The van der Waals surface area contributed by atoms with Crippen LogP contribution in [0.25, 0.3) is 0 Å². The fourth-order valence-corrected chi connectivity index (χ4v) is 1.17. The van der Waals surface area contributed by atoms with Gasteiger partial charge in [-0.3, -0.25) is 9.59 Å². The van der Waals surface area contributed by atoms with Crippen molar-refractivity contribution in [2.75, 3.05) is 40.3 Å². The summed E-state index contributed by atoms with van der Waals surface area (Å²) in [5.41, 5.74) is 0. The second-order valence-electron chi connectivity index (χ2n) is 3.57. The van der Waals surface area contributed by atoms with Crippen LogP contribution in [0, 0.1) is 0 Å². The van der Waals surface area contributed by atoms with E-state index in [0.29, 0.717) is 13.2 Å². The second kappa shape index (κ2) is 5.67. The topological polar surface area (TPSA) is 70.7 Å². The minimum absolute atomic E-state index is 0.0195. The van der Waals surface area contributed by atoms with Gasteiger partial charge in [0.15, 0.2) is 0 Å². The van der Waals surface area contributed by atoms with Gasteiger partial charge in [0.1, 0.15) is 6.10 Å². The third kappa shape index (κ3) is 3.85. The molecule has 0 aliphatic carbocycles. The largest absolute Gasteiger partial charge is 0.366 e. The maximum Gasteiger partial charge on any atom is 0.250 e. The molecule has 6 heteroatoms. The van der Waals surface area contributed by atoms with Crippen molar-refractivity contribution in [2.24, 2.45) is 0 Å². The Morgan fingerprint density at radius 1 is 1.53 bits per heavy atom. The molecule has 0 bridgehead atoms. The van der Waals surface area contributed by atoms with E-state index in [1.165, 1.54) is 4.90 Å². The van der Waals surface area contributed by atoms with Crippen molar-refractivity contribution in [3.8, 4) is 0 Å². The highest BCUT2D eigenvalue weighted by molar-refractivity contribution is 5.86. The number of nitrogens with zero attached hydrogens (tertiary/aromatic N) is 1. The molecule has 1 fully saturated rings. The third-order valence-electron chi connectivity index (χ3n) is 2.13. The summed E-state index contributed by atoms with van der Waals surface area (Å²) < 4.78 is 5.23. The molecule has 1 rings (SSSR count). The van der Waals surface area contributed by atoms with E-state index in [2.05, 4.69) is 10.6 Å². The molecule has 0 aromatic rings. The number of carbonyl (C=O) groups excluding carboxylic acids is 2. The normalized spacial score (nSPS) is 20.8. The van der Waals surface area contributed by atoms with Gasteiger partial charge in [0.25, 0.3) is 5.91 Å². The van der Waals surface area contributed by atoms with Crippen molar-refractivity contribution < 1.29 is 14.3 Å². The maximum absolute atomic E-state index is 11.5. The summed E-state index contributed by atoms with van der Waals surface area (Å²) in [4.78, 5) is 24.1. The Balaban J connectivity index is 2.26. The number of nitrogens with one attached hydrogen (secondary N) is 2. The highest BCUT2D eigenvalue weighted by atomic mass is 16.5. The van der Waals surface area contributed by atoms with E-state index >= 15 is 0 Å². The molecule has 1 heterocycles. The summed E-state index contributed by atoms with van der Waals surface area (Å²) >= 11 is 0. The molecule has 86 valence electrons. The molecule has 2 amide bonds. The third-order valence-corrected chi connectivity index (χ3v) is 2.13. The first-order valence-corrected chi connectivity index (χ1v) is 4.91. The molecule has 0 spiro atoms. The van der Waals surface area contributed by atoms with Gasteiger partial charge in [-0.25, -0.2) is 0 Å². The molecule has 0 aromatic heterocycles. The van der Waals surface area contributed by atoms with Gasteiger partial charge in [-0.2, -0.15) is 0 Å². The predicted octanol–water partition coefficient (Wildman–Crippen LogP) is -1.82. The molecule has 2 N–H and O–H groups in total. The SMILES string of the molecule is CN(C)C(=O)CNC(=O)C1CNCCO1. The fraction of sp³-hybridized carbons (Fsp3) is 0.778. The zero-order valence-electron chi connectivity index (χ0n) is 9.08. The molecule has 1 aliphatic heterocycles. The summed E-state index contributed by atoms with van der Waals surface area (Å²) in [6.07, 6.45) is -0.478. The first-order chi connectivity index (χ1) is 7.11. The molecule has 0 saturated carbocycles. The van der Waals surface area contributed by atoms with Crippen LogP contribution in [-0.4, -0.2) is 63.2 Å². The molecule has 1 atom stereocenters. The Labute approximate surface area is 88.9 Å². The standard InChI is InChI=1S/C9H17N3O3/c1-12(2)8(13)6-11-9(14)7-5-10-3-4-15-7/h7,10H,3-6H2,1-2H3,(H,11,14). The van der Waals surface area contributed by atoms with E-state index < -0.39 is 6.10 Å². The van der Waals surface area contributed by atoms with Crippen molar-refractivity contribution >= 4 is 11.8 Å². The number of morpholine rings is 1. The number of carbonyl (C=O) groups is 2. The molecule has 0 aromatic carbocycles. The van der Waals surface area contributed by atoms with Crippen LogP contribution in [-0.2, 0) is 14.3 Å². The molecule has 15 heavy (non-hydrogen) atoms. The van der Waals surface area contributed by atoms with Gasteiger partial charge in [0, 0.05) is 27.2 Å². The highest BCUT2D eigenvalue weighted by Gasteiger charge is 2.21. The second-order valence-corrected chi connectivity index (χ2v) is 3.57. The Morgan fingerprint density at radius 2 is 2.27 bits per heavy atom. The maximum atomic E-state index is 11.5. The van der Waals surface area contributed by atoms with E-state index in [9.17, 15) is 9.59 Å². The number of hydrogen-bond acceptors (Lipinski definition) is 4. The smallest absolute Gasteiger partial charge is 0.250 e. The van der Waals surface area contributed by atoms with Crippen LogP contribution in [0.4, 0.5) is 0 Å². The summed E-state index contributed by atoms with van der Waals surface area (Å²) in [6.45, 7) is 1.81. The molecular formula is C9H17N3O3. The molecule has 1 unspecified atom stereocenters. The lowest BCUT2D eigenvalue weighted by Gasteiger charge is -2.22. The highest BCUT2D eigenvalue weighted by Crippen LogP contribution is 1.95. The molecule has 6 nitrogen and oxygen atoms in total. The Hall–Kier alpha value is -1.14. The van der Waals surface area contributed by atoms with Crippen molar-refractivity contribution in [1.82, 2.24) is 15.5 Å². The van der Waals surface area contributed by atoms with Crippen molar-refractivity contribution in [3.05, 3.63) is 0 Å². The van der Waals surface area contributed by atoms with Crippen LogP contribution in [0.2, 0.25) is 0 Å².